The number of nitrogens with one attached hydrogen (secondary N) is 1. The monoisotopic (exact) mass is 294 g/mol. The van der Waals surface area contributed by atoms with Crippen molar-refractivity contribution in [1.29, 1.82) is 0 Å². The van der Waals surface area contributed by atoms with E-state index in [4.69, 9.17) is 5.11 Å². The van der Waals surface area contributed by atoms with Crippen LogP contribution in [-0.2, 0) is 15.3 Å². The van der Waals surface area contributed by atoms with E-state index in [0.717, 1.165) is 5.69 Å². The molecule has 20 heavy (non-hydrogen) atoms. The van der Waals surface area contributed by atoms with Gasteiger partial charge in [0.15, 0.2) is 0 Å². The highest BCUT2D eigenvalue weighted by Crippen LogP contribution is 2.13. The lowest BCUT2D eigenvalue weighted by Crippen LogP contribution is -2.41. The van der Waals surface area contributed by atoms with Crippen molar-refractivity contribution in [3.8, 4) is 0 Å². The molecule has 0 bridgehead atoms. The maximum absolute atomic E-state index is 11.0. The summed E-state index contributed by atoms with van der Waals surface area (Å²) < 4.78 is 1.80. The number of hydrogen-bond acceptors (Lipinski definition) is 5. The Kier molecular flexibility index (Phi) is 4.57. The number of aromatic nitrogens is 3. The first-order chi connectivity index (χ1) is 9.56. The average molecular weight is 294 g/mol. The Hall–Kier alpha value is -2.09. The van der Waals surface area contributed by atoms with Crippen molar-refractivity contribution in [1.82, 2.24) is 19.7 Å². The summed E-state index contributed by atoms with van der Waals surface area (Å²) in [5.74, 6) is 0.0715. The van der Waals surface area contributed by atoms with Crippen molar-refractivity contribution >= 4 is 29.4 Å². The number of hydrogen-bond donors (Lipinski definition) is 2. The molecule has 1 atom stereocenters. The SMILES string of the molecule is CC(=O)NC(CSCc1cn2cccnc2n1)C(=O)O. The molecule has 1 unspecified atom stereocenters. The topological polar surface area (TPSA) is 96.6 Å². The van der Waals surface area contributed by atoms with Gasteiger partial charge in [-0.15, -0.1) is 0 Å². The highest BCUT2D eigenvalue weighted by molar-refractivity contribution is 7.98. The summed E-state index contributed by atoms with van der Waals surface area (Å²) in [6, 6.07) is 0.927. The number of carbonyl (C=O) groups excluding carboxylic acids is 1. The third-order valence-corrected chi connectivity index (χ3v) is 3.56. The molecular formula is C12H14N4O3S. The molecular weight excluding hydrogens is 280 g/mol. The third kappa shape index (κ3) is 3.70. The predicted octanol–water partition coefficient (Wildman–Crippen LogP) is 0.552. The maximum Gasteiger partial charge on any atom is 0.327 e. The highest BCUT2D eigenvalue weighted by atomic mass is 32.2. The molecule has 8 heteroatoms. The second kappa shape index (κ2) is 6.38. The smallest absolute Gasteiger partial charge is 0.327 e. The van der Waals surface area contributed by atoms with Gasteiger partial charge in [0.2, 0.25) is 11.7 Å². The van der Waals surface area contributed by atoms with Crippen LogP contribution in [0.3, 0.4) is 0 Å². The molecule has 0 saturated heterocycles. The van der Waals surface area contributed by atoms with Gasteiger partial charge in [-0.05, 0) is 6.07 Å². The fourth-order valence-corrected chi connectivity index (χ4v) is 2.58. The number of rotatable bonds is 6. The zero-order chi connectivity index (χ0) is 14.5. The van der Waals surface area contributed by atoms with Crippen LogP contribution in [0.5, 0.6) is 0 Å². The van der Waals surface area contributed by atoms with E-state index < -0.39 is 12.0 Å². The van der Waals surface area contributed by atoms with Crippen LogP contribution in [0.15, 0.2) is 24.7 Å². The Morgan fingerprint density at radius 3 is 3.00 bits per heavy atom. The predicted molar refractivity (Wildman–Crippen MR) is 74.4 cm³/mol. The van der Waals surface area contributed by atoms with Crippen molar-refractivity contribution in [3.63, 3.8) is 0 Å². The number of carboxylic acids is 1. The number of aliphatic carboxylic acids is 1. The molecule has 0 radical (unpaired) electrons. The van der Waals surface area contributed by atoms with Crippen molar-refractivity contribution in [2.24, 2.45) is 0 Å². The Balaban J connectivity index is 1.91. The van der Waals surface area contributed by atoms with Gasteiger partial charge in [0.05, 0.1) is 5.69 Å². The van der Waals surface area contributed by atoms with Crippen LogP contribution >= 0.6 is 11.8 Å². The highest BCUT2D eigenvalue weighted by Gasteiger charge is 2.18. The van der Waals surface area contributed by atoms with E-state index in [-0.39, 0.29) is 11.7 Å². The van der Waals surface area contributed by atoms with Crippen LogP contribution in [0.1, 0.15) is 12.6 Å². The third-order valence-electron chi connectivity index (χ3n) is 2.50. The standard InChI is InChI=1S/C12H14N4O3S/c1-8(17)14-10(11(18)19)7-20-6-9-5-16-4-2-3-13-12(16)15-9/h2-5,10H,6-7H2,1H3,(H,14,17)(H,18,19). The Morgan fingerprint density at radius 2 is 2.35 bits per heavy atom. The maximum atomic E-state index is 11.0. The molecule has 2 rings (SSSR count). The van der Waals surface area contributed by atoms with Crippen molar-refractivity contribution in [2.45, 2.75) is 18.7 Å². The van der Waals surface area contributed by atoms with Gasteiger partial charge in [-0.2, -0.15) is 11.8 Å². The van der Waals surface area contributed by atoms with Gasteiger partial charge in [0.25, 0.3) is 0 Å². The minimum absolute atomic E-state index is 0.288. The first-order valence-electron chi connectivity index (χ1n) is 5.92. The fourth-order valence-electron chi connectivity index (χ4n) is 1.65. The number of nitrogens with zero attached hydrogens (tertiary/aromatic N) is 3. The number of thioether (sulfide) groups is 1. The zero-order valence-electron chi connectivity index (χ0n) is 10.8. The Labute approximate surface area is 119 Å². The molecule has 2 N–H and O–H groups in total. The van der Waals surface area contributed by atoms with Crippen LogP contribution in [0.4, 0.5) is 0 Å². The lowest BCUT2D eigenvalue weighted by Gasteiger charge is -2.11. The van der Waals surface area contributed by atoms with Crippen molar-refractivity contribution in [3.05, 3.63) is 30.4 Å². The molecule has 106 valence electrons. The first kappa shape index (κ1) is 14.3. The number of fused-ring (bicyclic) bond motifs is 1. The van der Waals surface area contributed by atoms with Gasteiger partial charge >= 0.3 is 5.97 Å². The minimum atomic E-state index is -1.04. The Morgan fingerprint density at radius 1 is 1.55 bits per heavy atom. The van der Waals surface area contributed by atoms with Crippen LogP contribution in [0, 0.1) is 0 Å². The average Bonchev–Trinajstić information content (AvgIpc) is 2.79. The van der Waals surface area contributed by atoms with E-state index in [1.54, 1.807) is 10.6 Å². The van der Waals surface area contributed by atoms with E-state index in [1.807, 2.05) is 18.5 Å². The summed E-state index contributed by atoms with van der Waals surface area (Å²) >= 11 is 1.40. The van der Waals surface area contributed by atoms with E-state index in [9.17, 15) is 9.59 Å². The van der Waals surface area contributed by atoms with Gasteiger partial charge < -0.3 is 10.4 Å². The summed E-state index contributed by atoms with van der Waals surface area (Å²) in [7, 11) is 0. The molecule has 0 aliphatic carbocycles. The molecule has 0 aliphatic rings. The lowest BCUT2D eigenvalue weighted by atomic mass is 10.3. The van der Waals surface area contributed by atoms with Crippen LogP contribution in [0.2, 0.25) is 0 Å². The van der Waals surface area contributed by atoms with Gasteiger partial charge in [-0.1, -0.05) is 0 Å². The number of amides is 1. The van der Waals surface area contributed by atoms with E-state index in [1.165, 1.54) is 18.7 Å². The number of imidazole rings is 1. The zero-order valence-corrected chi connectivity index (χ0v) is 11.6. The van der Waals surface area contributed by atoms with Crippen LogP contribution < -0.4 is 5.32 Å². The number of carboxylic acid groups (broad SMARTS) is 1. The molecule has 2 aromatic heterocycles. The fraction of sp³-hybridized carbons (Fsp3) is 0.333. The van der Waals surface area contributed by atoms with Gasteiger partial charge in [0, 0.05) is 37.0 Å². The molecule has 7 nitrogen and oxygen atoms in total. The molecule has 2 aromatic rings. The van der Waals surface area contributed by atoms with Gasteiger partial charge in [-0.3, -0.25) is 9.20 Å². The second-order valence-electron chi connectivity index (χ2n) is 4.17. The molecule has 0 aliphatic heterocycles. The molecule has 0 aromatic carbocycles. The minimum Gasteiger partial charge on any atom is -0.480 e. The van der Waals surface area contributed by atoms with Gasteiger partial charge in [-0.25, -0.2) is 14.8 Å². The van der Waals surface area contributed by atoms with Crippen molar-refractivity contribution in [2.75, 3.05) is 5.75 Å². The second-order valence-corrected chi connectivity index (χ2v) is 5.20. The molecule has 0 spiro atoms. The van der Waals surface area contributed by atoms with E-state index in [0.29, 0.717) is 11.5 Å². The summed E-state index contributed by atoms with van der Waals surface area (Å²) in [4.78, 5) is 30.3. The normalized spacial score (nSPS) is 12.2. The quantitative estimate of drug-likeness (QED) is 0.807. The molecule has 0 fully saturated rings. The molecule has 2 heterocycles. The summed E-state index contributed by atoms with van der Waals surface area (Å²) in [5.41, 5.74) is 0.820. The molecule has 1 amide bonds. The van der Waals surface area contributed by atoms with E-state index in [2.05, 4.69) is 15.3 Å². The number of carbonyl (C=O) groups is 2. The van der Waals surface area contributed by atoms with Gasteiger partial charge in [0.1, 0.15) is 6.04 Å². The first-order valence-corrected chi connectivity index (χ1v) is 7.08. The summed E-state index contributed by atoms with van der Waals surface area (Å²) in [6.45, 7) is 1.30. The lowest BCUT2D eigenvalue weighted by molar-refractivity contribution is -0.140. The van der Waals surface area contributed by atoms with Crippen LogP contribution in [-0.4, -0.2) is 43.1 Å². The van der Waals surface area contributed by atoms with Crippen molar-refractivity contribution < 1.29 is 14.7 Å². The van der Waals surface area contributed by atoms with E-state index >= 15 is 0 Å². The Bertz CT molecular complexity index is 595. The van der Waals surface area contributed by atoms with Crippen LogP contribution in [0.25, 0.3) is 5.78 Å². The largest absolute Gasteiger partial charge is 0.480 e. The molecule has 0 saturated carbocycles. The summed E-state index contributed by atoms with van der Waals surface area (Å²) in [5, 5.41) is 11.4. The summed E-state index contributed by atoms with van der Waals surface area (Å²) in [6.07, 6.45) is 5.36.